The number of carbonyl (C=O) groups excluding carboxylic acids is 2. The summed E-state index contributed by atoms with van der Waals surface area (Å²) in [6.45, 7) is 0.0700. The average Bonchev–Trinajstić information content (AvgIpc) is 2.68. The van der Waals surface area contributed by atoms with Crippen molar-refractivity contribution in [3.05, 3.63) is 71.3 Å². The molecule has 0 aliphatic rings. The summed E-state index contributed by atoms with van der Waals surface area (Å²) >= 11 is 5.83. The SMILES string of the molecule is O=C(CCNC(=O)c1ccc(F)cc1Cl)Nc1cnc(-c2cccc(O)c2)nc1. The summed E-state index contributed by atoms with van der Waals surface area (Å²) in [7, 11) is 0. The second-order valence-corrected chi connectivity index (χ2v) is 6.43. The summed E-state index contributed by atoms with van der Waals surface area (Å²) in [4.78, 5) is 32.4. The number of aromatic nitrogens is 2. The van der Waals surface area contributed by atoms with Gasteiger partial charge in [0, 0.05) is 18.5 Å². The van der Waals surface area contributed by atoms with Crippen LogP contribution in [-0.2, 0) is 4.79 Å². The second kappa shape index (κ2) is 9.11. The number of anilines is 1. The van der Waals surface area contributed by atoms with Gasteiger partial charge in [0.1, 0.15) is 11.6 Å². The van der Waals surface area contributed by atoms with Crippen molar-refractivity contribution in [1.29, 1.82) is 0 Å². The maximum atomic E-state index is 13.0. The first-order valence-electron chi connectivity index (χ1n) is 8.57. The third kappa shape index (κ3) is 5.49. The predicted molar refractivity (Wildman–Crippen MR) is 106 cm³/mol. The number of hydrogen-bond donors (Lipinski definition) is 3. The van der Waals surface area contributed by atoms with Crippen LogP contribution in [0, 0.1) is 5.82 Å². The fraction of sp³-hybridized carbons (Fsp3) is 0.100. The van der Waals surface area contributed by atoms with Crippen LogP contribution in [-0.4, -0.2) is 33.4 Å². The van der Waals surface area contributed by atoms with Crippen LogP contribution in [0.15, 0.2) is 54.9 Å². The van der Waals surface area contributed by atoms with Crippen LogP contribution in [0.1, 0.15) is 16.8 Å². The lowest BCUT2D eigenvalue weighted by Crippen LogP contribution is -2.28. The fourth-order valence-corrected chi connectivity index (χ4v) is 2.72. The molecule has 0 spiro atoms. The molecule has 29 heavy (non-hydrogen) atoms. The molecule has 0 saturated carbocycles. The number of halogens is 2. The average molecular weight is 415 g/mol. The van der Waals surface area contributed by atoms with E-state index in [1.807, 2.05) is 0 Å². The van der Waals surface area contributed by atoms with Crippen LogP contribution < -0.4 is 10.6 Å². The minimum atomic E-state index is -0.539. The van der Waals surface area contributed by atoms with Gasteiger partial charge in [0.15, 0.2) is 5.82 Å². The molecule has 0 aliphatic carbocycles. The van der Waals surface area contributed by atoms with E-state index in [9.17, 15) is 19.1 Å². The Morgan fingerprint density at radius 1 is 1.10 bits per heavy atom. The molecule has 0 atom stereocenters. The second-order valence-electron chi connectivity index (χ2n) is 6.02. The van der Waals surface area contributed by atoms with Gasteiger partial charge in [0.2, 0.25) is 5.91 Å². The molecule has 0 unspecified atom stereocenters. The van der Waals surface area contributed by atoms with Crippen molar-refractivity contribution in [2.24, 2.45) is 0 Å². The summed E-state index contributed by atoms with van der Waals surface area (Å²) in [6, 6.07) is 9.96. The molecule has 0 saturated heterocycles. The minimum Gasteiger partial charge on any atom is -0.508 e. The molecular weight excluding hydrogens is 399 g/mol. The molecule has 148 valence electrons. The van der Waals surface area contributed by atoms with Gasteiger partial charge < -0.3 is 15.7 Å². The summed E-state index contributed by atoms with van der Waals surface area (Å²) in [5.41, 5.74) is 1.17. The zero-order chi connectivity index (χ0) is 20.8. The van der Waals surface area contributed by atoms with Crippen LogP contribution in [0.2, 0.25) is 5.02 Å². The van der Waals surface area contributed by atoms with Crippen molar-refractivity contribution >= 4 is 29.1 Å². The van der Waals surface area contributed by atoms with Gasteiger partial charge in [-0.2, -0.15) is 0 Å². The summed E-state index contributed by atoms with van der Waals surface area (Å²) < 4.78 is 13.0. The van der Waals surface area contributed by atoms with E-state index in [0.29, 0.717) is 17.1 Å². The first kappa shape index (κ1) is 20.2. The molecule has 0 aliphatic heterocycles. The Morgan fingerprint density at radius 2 is 1.86 bits per heavy atom. The Bertz CT molecular complexity index is 1040. The van der Waals surface area contributed by atoms with Crippen LogP contribution in [0.3, 0.4) is 0 Å². The molecule has 0 fully saturated rings. The van der Waals surface area contributed by atoms with E-state index in [2.05, 4.69) is 20.6 Å². The van der Waals surface area contributed by atoms with Crippen molar-refractivity contribution < 1.29 is 19.1 Å². The zero-order valence-electron chi connectivity index (χ0n) is 15.0. The molecule has 3 N–H and O–H groups in total. The molecule has 7 nitrogen and oxygen atoms in total. The molecule has 3 aromatic rings. The van der Waals surface area contributed by atoms with Gasteiger partial charge in [0.05, 0.1) is 28.7 Å². The third-order valence-electron chi connectivity index (χ3n) is 3.85. The lowest BCUT2D eigenvalue weighted by atomic mass is 10.2. The molecule has 0 radical (unpaired) electrons. The van der Waals surface area contributed by atoms with Gasteiger partial charge in [-0.1, -0.05) is 23.7 Å². The lowest BCUT2D eigenvalue weighted by molar-refractivity contribution is -0.116. The molecule has 2 amide bonds. The Balaban J connectivity index is 1.50. The highest BCUT2D eigenvalue weighted by molar-refractivity contribution is 6.33. The van der Waals surface area contributed by atoms with Crippen LogP contribution in [0.25, 0.3) is 11.4 Å². The topological polar surface area (TPSA) is 104 Å². The highest BCUT2D eigenvalue weighted by Crippen LogP contribution is 2.20. The third-order valence-corrected chi connectivity index (χ3v) is 4.17. The van der Waals surface area contributed by atoms with E-state index in [1.54, 1.807) is 18.2 Å². The van der Waals surface area contributed by atoms with Crippen molar-refractivity contribution in [1.82, 2.24) is 15.3 Å². The van der Waals surface area contributed by atoms with Gasteiger partial charge in [-0.3, -0.25) is 9.59 Å². The van der Waals surface area contributed by atoms with Crippen LogP contribution >= 0.6 is 11.6 Å². The van der Waals surface area contributed by atoms with Crippen LogP contribution in [0.4, 0.5) is 10.1 Å². The number of rotatable bonds is 6. The fourth-order valence-electron chi connectivity index (χ4n) is 2.47. The highest BCUT2D eigenvalue weighted by atomic mass is 35.5. The molecule has 3 rings (SSSR count). The zero-order valence-corrected chi connectivity index (χ0v) is 15.8. The van der Waals surface area contributed by atoms with Crippen molar-refractivity contribution in [3.8, 4) is 17.1 Å². The normalized spacial score (nSPS) is 10.4. The quantitative estimate of drug-likeness (QED) is 0.573. The number of benzene rings is 2. The minimum absolute atomic E-state index is 0.00377. The highest BCUT2D eigenvalue weighted by Gasteiger charge is 2.12. The molecule has 0 bridgehead atoms. The van der Waals surface area contributed by atoms with Gasteiger partial charge in [-0.25, -0.2) is 14.4 Å². The Labute approximate surface area is 170 Å². The predicted octanol–water partition coefficient (Wildman–Crippen LogP) is 3.40. The number of nitrogens with zero attached hydrogens (tertiary/aromatic N) is 2. The first-order valence-corrected chi connectivity index (χ1v) is 8.95. The van der Waals surface area contributed by atoms with Crippen molar-refractivity contribution in [2.75, 3.05) is 11.9 Å². The maximum absolute atomic E-state index is 13.0. The standard InChI is InChI=1S/C20H16ClFN4O3/c21-17-9-13(22)4-5-16(17)20(29)23-7-6-18(28)26-14-10-24-19(25-11-14)12-2-1-3-15(27)8-12/h1-5,8-11,27H,6-7H2,(H,23,29)(H,26,28). The smallest absolute Gasteiger partial charge is 0.252 e. The number of phenols is 1. The van der Waals surface area contributed by atoms with E-state index >= 15 is 0 Å². The van der Waals surface area contributed by atoms with Gasteiger partial charge in [-0.05, 0) is 30.3 Å². The molecule has 1 heterocycles. The van der Waals surface area contributed by atoms with Crippen molar-refractivity contribution in [3.63, 3.8) is 0 Å². The Hall–Kier alpha value is -3.52. The van der Waals surface area contributed by atoms with Crippen molar-refractivity contribution in [2.45, 2.75) is 6.42 Å². The van der Waals surface area contributed by atoms with Gasteiger partial charge in [0.25, 0.3) is 5.91 Å². The van der Waals surface area contributed by atoms with Crippen LogP contribution in [0.5, 0.6) is 5.75 Å². The lowest BCUT2D eigenvalue weighted by Gasteiger charge is -2.08. The van der Waals surface area contributed by atoms with E-state index < -0.39 is 11.7 Å². The van der Waals surface area contributed by atoms with Gasteiger partial charge >= 0.3 is 0 Å². The maximum Gasteiger partial charge on any atom is 0.252 e. The van der Waals surface area contributed by atoms with Gasteiger partial charge in [-0.15, -0.1) is 0 Å². The monoisotopic (exact) mass is 414 g/mol. The molecule has 9 heteroatoms. The first-order chi connectivity index (χ1) is 13.9. The summed E-state index contributed by atoms with van der Waals surface area (Å²) in [5.74, 6) is -0.871. The Kier molecular flexibility index (Phi) is 6.36. The number of carbonyl (C=O) groups is 2. The number of aromatic hydroxyl groups is 1. The molecule has 2 aromatic carbocycles. The number of nitrogens with one attached hydrogen (secondary N) is 2. The number of phenolic OH excluding ortho intramolecular Hbond substituents is 1. The summed E-state index contributed by atoms with van der Waals surface area (Å²) in [5, 5.41) is 14.7. The van der Waals surface area contributed by atoms with E-state index in [1.165, 1.54) is 24.5 Å². The number of hydrogen-bond acceptors (Lipinski definition) is 5. The van der Waals surface area contributed by atoms with E-state index in [-0.39, 0.29) is 35.2 Å². The van der Waals surface area contributed by atoms with E-state index in [0.717, 1.165) is 12.1 Å². The molecule has 1 aromatic heterocycles. The number of amides is 2. The summed E-state index contributed by atoms with van der Waals surface area (Å²) in [6.07, 6.45) is 2.90. The molecular formula is C20H16ClFN4O3. The van der Waals surface area contributed by atoms with E-state index in [4.69, 9.17) is 11.6 Å². The largest absolute Gasteiger partial charge is 0.508 e. The Morgan fingerprint density at radius 3 is 2.55 bits per heavy atom.